The Morgan fingerprint density at radius 2 is 2.12 bits per heavy atom. The average molecular weight is 374 g/mol. The Balaban J connectivity index is 1.36. The zero-order chi connectivity index (χ0) is 18.1. The van der Waals surface area contributed by atoms with E-state index in [4.69, 9.17) is 16.3 Å². The molecule has 0 spiro atoms. The summed E-state index contributed by atoms with van der Waals surface area (Å²) in [6, 6.07) is 9.05. The highest BCUT2D eigenvalue weighted by Gasteiger charge is 2.42. The van der Waals surface area contributed by atoms with E-state index in [-0.39, 0.29) is 18.7 Å². The van der Waals surface area contributed by atoms with Crippen LogP contribution in [-0.4, -0.2) is 21.7 Å². The molecule has 6 heteroatoms. The molecule has 2 aliphatic rings. The van der Waals surface area contributed by atoms with E-state index in [0.29, 0.717) is 22.4 Å². The van der Waals surface area contributed by atoms with Gasteiger partial charge in [-0.05, 0) is 74.3 Å². The lowest BCUT2D eigenvalue weighted by molar-refractivity contribution is 0.0894. The maximum absolute atomic E-state index is 12.7. The number of hydrogen-bond acceptors (Lipinski definition) is 3. The third-order valence-corrected chi connectivity index (χ3v) is 6.16. The quantitative estimate of drug-likeness (QED) is 0.828. The molecular weight excluding hydrogens is 350 g/mol. The predicted octanol–water partition coefficient (Wildman–Crippen LogP) is 4.13. The Labute approximate surface area is 158 Å². The normalized spacial score (nSPS) is 25.2. The molecule has 2 aliphatic carbocycles. The number of nitrogens with zero attached hydrogens (tertiary/aromatic N) is 2. The highest BCUT2D eigenvalue weighted by Crippen LogP contribution is 2.49. The number of amides is 1. The summed E-state index contributed by atoms with van der Waals surface area (Å²) in [5.74, 6) is 2.87. The van der Waals surface area contributed by atoms with E-state index in [1.54, 1.807) is 41.2 Å². The number of halogens is 1. The number of hydrogen-bond donors (Lipinski definition) is 1. The number of carbonyl (C=O) groups excluding carboxylic acids is 1. The summed E-state index contributed by atoms with van der Waals surface area (Å²) < 4.78 is 7.28. The standard InChI is InChI=1S/C20H24ClN3O2/c1-13(18-11-14-2-3-15(18)10-14)23-20(25)19-8-9-22-24(19)12-26-17-6-4-16(21)5-7-17/h4-9,13-15,18H,2-3,10-12H2,1H3,(H,23,25). The van der Waals surface area contributed by atoms with Gasteiger partial charge in [0.25, 0.3) is 5.91 Å². The molecule has 4 unspecified atom stereocenters. The Hall–Kier alpha value is -2.01. The topological polar surface area (TPSA) is 56.2 Å². The predicted molar refractivity (Wildman–Crippen MR) is 100 cm³/mol. The molecule has 4 atom stereocenters. The Morgan fingerprint density at radius 3 is 2.81 bits per heavy atom. The van der Waals surface area contributed by atoms with Crippen LogP contribution in [0, 0.1) is 17.8 Å². The molecule has 1 N–H and O–H groups in total. The third kappa shape index (κ3) is 3.58. The van der Waals surface area contributed by atoms with E-state index < -0.39 is 0 Å². The van der Waals surface area contributed by atoms with E-state index in [1.807, 2.05) is 0 Å². The number of fused-ring (bicyclic) bond motifs is 2. The first-order chi connectivity index (χ1) is 12.6. The van der Waals surface area contributed by atoms with Crippen LogP contribution >= 0.6 is 11.6 Å². The SMILES string of the molecule is CC(NC(=O)c1ccnn1COc1ccc(Cl)cc1)C1CC2CCC1C2. The minimum Gasteiger partial charge on any atom is -0.471 e. The van der Waals surface area contributed by atoms with Gasteiger partial charge in [-0.2, -0.15) is 5.10 Å². The molecule has 5 nitrogen and oxygen atoms in total. The van der Waals surface area contributed by atoms with E-state index in [1.165, 1.54) is 25.7 Å². The lowest BCUT2D eigenvalue weighted by Gasteiger charge is -2.28. The molecule has 2 bridgehead atoms. The van der Waals surface area contributed by atoms with Gasteiger partial charge in [0, 0.05) is 17.3 Å². The maximum atomic E-state index is 12.7. The second kappa shape index (κ2) is 7.31. The number of nitrogens with one attached hydrogen (secondary N) is 1. The first kappa shape index (κ1) is 17.4. The van der Waals surface area contributed by atoms with Crippen LogP contribution in [0.25, 0.3) is 0 Å². The summed E-state index contributed by atoms with van der Waals surface area (Å²) in [5, 5.41) is 8.06. The number of aromatic nitrogens is 2. The second-order valence-electron chi connectivity index (χ2n) is 7.54. The minimum atomic E-state index is -0.0857. The molecule has 0 saturated heterocycles. The van der Waals surface area contributed by atoms with E-state index in [2.05, 4.69) is 17.3 Å². The molecule has 1 aromatic heterocycles. The molecule has 2 aromatic rings. The van der Waals surface area contributed by atoms with Crippen molar-refractivity contribution in [2.75, 3.05) is 0 Å². The summed E-state index contributed by atoms with van der Waals surface area (Å²) in [7, 11) is 0. The van der Waals surface area contributed by atoms with Crippen LogP contribution in [0.4, 0.5) is 0 Å². The van der Waals surface area contributed by atoms with Crippen molar-refractivity contribution >= 4 is 17.5 Å². The largest absolute Gasteiger partial charge is 0.471 e. The summed E-state index contributed by atoms with van der Waals surface area (Å²) in [4.78, 5) is 12.7. The van der Waals surface area contributed by atoms with Crippen molar-refractivity contribution in [3.8, 4) is 5.75 Å². The molecule has 0 radical (unpaired) electrons. The number of carbonyl (C=O) groups is 1. The average Bonchev–Trinajstić information content (AvgIpc) is 3.37. The Bertz CT molecular complexity index is 774. The van der Waals surface area contributed by atoms with Crippen LogP contribution in [0.5, 0.6) is 5.75 Å². The van der Waals surface area contributed by atoms with Crippen LogP contribution < -0.4 is 10.1 Å². The van der Waals surface area contributed by atoms with Gasteiger partial charge in [0.15, 0.2) is 6.73 Å². The fourth-order valence-corrected chi connectivity index (χ4v) is 4.71. The van der Waals surface area contributed by atoms with Crippen LogP contribution in [0.1, 0.15) is 43.1 Å². The van der Waals surface area contributed by atoms with Gasteiger partial charge in [-0.3, -0.25) is 4.79 Å². The Morgan fingerprint density at radius 1 is 1.31 bits per heavy atom. The zero-order valence-electron chi connectivity index (χ0n) is 14.9. The molecule has 1 amide bonds. The van der Waals surface area contributed by atoms with Crippen molar-refractivity contribution in [1.29, 1.82) is 0 Å². The third-order valence-electron chi connectivity index (χ3n) is 5.91. The molecule has 4 rings (SSSR count). The molecule has 1 heterocycles. The van der Waals surface area contributed by atoms with Crippen molar-refractivity contribution in [1.82, 2.24) is 15.1 Å². The molecule has 26 heavy (non-hydrogen) atoms. The molecule has 2 fully saturated rings. The molecule has 2 saturated carbocycles. The second-order valence-corrected chi connectivity index (χ2v) is 7.98. The van der Waals surface area contributed by atoms with Gasteiger partial charge >= 0.3 is 0 Å². The number of rotatable bonds is 6. The van der Waals surface area contributed by atoms with E-state index in [0.717, 1.165) is 11.8 Å². The number of ether oxygens (including phenoxy) is 1. The maximum Gasteiger partial charge on any atom is 0.269 e. The van der Waals surface area contributed by atoms with Gasteiger partial charge in [-0.1, -0.05) is 18.0 Å². The van der Waals surface area contributed by atoms with Crippen molar-refractivity contribution in [2.45, 2.75) is 45.4 Å². The van der Waals surface area contributed by atoms with Crippen molar-refractivity contribution in [3.63, 3.8) is 0 Å². The fourth-order valence-electron chi connectivity index (χ4n) is 4.59. The molecule has 138 valence electrons. The van der Waals surface area contributed by atoms with E-state index >= 15 is 0 Å². The monoisotopic (exact) mass is 373 g/mol. The van der Waals surface area contributed by atoms with Gasteiger partial charge < -0.3 is 10.1 Å². The lowest BCUT2D eigenvalue weighted by Crippen LogP contribution is -2.41. The summed E-state index contributed by atoms with van der Waals surface area (Å²) >= 11 is 5.88. The smallest absolute Gasteiger partial charge is 0.269 e. The van der Waals surface area contributed by atoms with Crippen molar-refractivity contribution < 1.29 is 9.53 Å². The summed E-state index contributed by atoms with van der Waals surface area (Å²) in [6.45, 7) is 2.31. The Kier molecular flexibility index (Phi) is 4.90. The van der Waals surface area contributed by atoms with Crippen LogP contribution in [0.15, 0.2) is 36.5 Å². The van der Waals surface area contributed by atoms with E-state index in [9.17, 15) is 4.79 Å². The minimum absolute atomic E-state index is 0.0857. The highest BCUT2D eigenvalue weighted by molar-refractivity contribution is 6.30. The summed E-state index contributed by atoms with van der Waals surface area (Å²) in [6.07, 6.45) is 6.92. The summed E-state index contributed by atoms with van der Waals surface area (Å²) in [5.41, 5.74) is 0.522. The van der Waals surface area contributed by atoms with Gasteiger partial charge in [0.05, 0.1) is 0 Å². The number of benzene rings is 1. The van der Waals surface area contributed by atoms with Crippen molar-refractivity contribution in [2.24, 2.45) is 17.8 Å². The van der Waals surface area contributed by atoms with Gasteiger partial charge in [-0.15, -0.1) is 0 Å². The zero-order valence-corrected chi connectivity index (χ0v) is 15.7. The van der Waals surface area contributed by atoms with Gasteiger partial charge in [-0.25, -0.2) is 4.68 Å². The van der Waals surface area contributed by atoms with Gasteiger partial charge in [0.1, 0.15) is 11.4 Å². The lowest BCUT2D eigenvalue weighted by atomic mass is 9.84. The molecular formula is C20H24ClN3O2. The first-order valence-electron chi connectivity index (χ1n) is 9.31. The van der Waals surface area contributed by atoms with Crippen LogP contribution in [0.3, 0.4) is 0 Å². The van der Waals surface area contributed by atoms with Crippen LogP contribution in [-0.2, 0) is 6.73 Å². The molecule has 0 aliphatic heterocycles. The highest BCUT2D eigenvalue weighted by atomic mass is 35.5. The molecule has 1 aromatic carbocycles. The van der Waals surface area contributed by atoms with Crippen molar-refractivity contribution in [3.05, 3.63) is 47.2 Å². The fraction of sp³-hybridized carbons (Fsp3) is 0.500. The first-order valence-corrected chi connectivity index (χ1v) is 9.69. The van der Waals surface area contributed by atoms with Crippen LogP contribution in [0.2, 0.25) is 5.02 Å². The van der Waals surface area contributed by atoms with Gasteiger partial charge in [0.2, 0.25) is 0 Å².